The van der Waals surface area contributed by atoms with Crippen LogP contribution in [0.15, 0.2) is 24.3 Å². The number of amides is 5. The summed E-state index contributed by atoms with van der Waals surface area (Å²) in [6.07, 6.45) is 4.12. The maximum atomic E-state index is 13.8. The number of urea groups is 1. The Kier molecular flexibility index (Phi) is 8.28. The molecule has 0 spiro atoms. The van der Waals surface area contributed by atoms with Crippen molar-refractivity contribution in [3.63, 3.8) is 0 Å². The topological polar surface area (TPSA) is 188 Å². The zero-order valence-electron chi connectivity index (χ0n) is 21.0. The lowest BCUT2D eigenvalue weighted by atomic mass is 9.95. The third kappa shape index (κ3) is 6.48. The van der Waals surface area contributed by atoms with Crippen molar-refractivity contribution in [2.75, 3.05) is 13.1 Å². The van der Waals surface area contributed by atoms with E-state index >= 15 is 0 Å². The number of carbonyl (C=O) groups is 6. The van der Waals surface area contributed by atoms with Gasteiger partial charge in [-0.05, 0) is 55.1 Å². The van der Waals surface area contributed by atoms with Gasteiger partial charge >= 0.3 is 12.0 Å². The number of benzene rings is 1. The molecule has 2 aliphatic carbocycles. The molecule has 3 unspecified atom stereocenters. The highest BCUT2D eigenvalue weighted by molar-refractivity contribution is 6.37. The van der Waals surface area contributed by atoms with Gasteiger partial charge in [-0.2, -0.15) is 0 Å². The van der Waals surface area contributed by atoms with Crippen LogP contribution >= 0.6 is 0 Å². The zero-order chi connectivity index (χ0) is 27.4. The molecule has 12 nitrogen and oxygen atoms in total. The number of hydrogen-bond acceptors (Lipinski definition) is 6. The summed E-state index contributed by atoms with van der Waals surface area (Å²) in [4.78, 5) is 75.7. The van der Waals surface area contributed by atoms with E-state index in [2.05, 4.69) is 16.0 Å². The number of likely N-dealkylation sites (tertiary alicyclic amines) is 1. The monoisotopic (exact) mass is 527 g/mol. The summed E-state index contributed by atoms with van der Waals surface area (Å²) in [7, 11) is 0. The SMILES string of the molecule is NC(=O)C(=O)C(CC1CC1)NC(=O)C1CCCN1C(=O)C(NC(=O)NCC(=O)O)C1Cc2ccccc2C1. The van der Waals surface area contributed by atoms with E-state index in [1.165, 1.54) is 4.90 Å². The number of carboxylic acids is 1. The molecule has 1 saturated carbocycles. The maximum absolute atomic E-state index is 13.8. The van der Waals surface area contributed by atoms with Crippen LogP contribution in [0.4, 0.5) is 4.79 Å². The summed E-state index contributed by atoms with van der Waals surface area (Å²) >= 11 is 0. The Hall–Kier alpha value is -3.96. The molecule has 3 aliphatic rings. The molecule has 6 N–H and O–H groups in total. The van der Waals surface area contributed by atoms with E-state index in [1.54, 1.807) is 0 Å². The Balaban J connectivity index is 1.49. The molecule has 1 aromatic rings. The van der Waals surface area contributed by atoms with Crippen LogP contribution in [0.2, 0.25) is 0 Å². The molecule has 1 heterocycles. The van der Waals surface area contributed by atoms with Crippen LogP contribution in [0.3, 0.4) is 0 Å². The Bertz CT molecular complexity index is 1110. The molecule has 2 fully saturated rings. The number of nitrogens with zero attached hydrogens (tertiary/aromatic N) is 1. The predicted octanol–water partition coefficient (Wildman–Crippen LogP) is -0.516. The lowest BCUT2D eigenvalue weighted by Crippen LogP contribution is -2.59. The highest BCUT2D eigenvalue weighted by atomic mass is 16.4. The van der Waals surface area contributed by atoms with Gasteiger partial charge in [0, 0.05) is 6.54 Å². The fourth-order valence-corrected chi connectivity index (χ4v) is 5.40. The van der Waals surface area contributed by atoms with Gasteiger partial charge < -0.3 is 31.7 Å². The van der Waals surface area contributed by atoms with Gasteiger partial charge in [0.05, 0.1) is 6.04 Å². The first kappa shape index (κ1) is 27.1. The highest BCUT2D eigenvalue weighted by Gasteiger charge is 2.43. The van der Waals surface area contributed by atoms with E-state index in [4.69, 9.17) is 10.8 Å². The molecule has 1 aliphatic heterocycles. The number of rotatable bonds is 11. The van der Waals surface area contributed by atoms with Crippen molar-refractivity contribution in [2.45, 2.75) is 63.1 Å². The first-order valence-electron chi connectivity index (χ1n) is 12.9. The van der Waals surface area contributed by atoms with Crippen LogP contribution in [0, 0.1) is 11.8 Å². The number of carbonyl (C=O) groups excluding carboxylic acids is 5. The number of Topliss-reactive ketones (excluding diaryl/α,β-unsaturated/α-hetero) is 1. The van der Waals surface area contributed by atoms with Gasteiger partial charge in [-0.25, -0.2) is 4.79 Å². The van der Waals surface area contributed by atoms with Gasteiger partial charge in [-0.15, -0.1) is 0 Å². The molecular formula is C26H33N5O7. The largest absolute Gasteiger partial charge is 0.480 e. The summed E-state index contributed by atoms with van der Waals surface area (Å²) in [6, 6.07) is 4.02. The molecule has 3 atom stereocenters. The van der Waals surface area contributed by atoms with Crippen molar-refractivity contribution >= 4 is 35.5 Å². The van der Waals surface area contributed by atoms with Gasteiger partial charge in [0.15, 0.2) is 0 Å². The second kappa shape index (κ2) is 11.6. The molecule has 1 saturated heterocycles. The molecule has 0 aromatic heterocycles. The molecule has 1 aromatic carbocycles. The fraction of sp³-hybridized carbons (Fsp3) is 0.538. The van der Waals surface area contributed by atoms with Gasteiger partial charge in [0.25, 0.3) is 5.91 Å². The van der Waals surface area contributed by atoms with E-state index in [0.29, 0.717) is 32.1 Å². The van der Waals surface area contributed by atoms with Crippen LogP contribution in [0.1, 0.15) is 43.2 Å². The van der Waals surface area contributed by atoms with Crippen molar-refractivity contribution in [1.29, 1.82) is 0 Å². The number of aliphatic carboxylic acids is 1. The van der Waals surface area contributed by atoms with E-state index in [-0.39, 0.29) is 18.4 Å². The van der Waals surface area contributed by atoms with E-state index < -0.39 is 60.2 Å². The number of carboxylic acid groups (broad SMARTS) is 1. The Morgan fingerprint density at radius 3 is 2.24 bits per heavy atom. The second-order valence-corrected chi connectivity index (χ2v) is 10.3. The number of primary amides is 1. The normalized spacial score (nSPS) is 20.2. The lowest BCUT2D eigenvalue weighted by molar-refractivity contribution is -0.142. The smallest absolute Gasteiger partial charge is 0.323 e. The van der Waals surface area contributed by atoms with Crippen LogP contribution in [-0.4, -0.2) is 76.7 Å². The molecule has 0 bridgehead atoms. The number of hydrogen-bond donors (Lipinski definition) is 5. The number of ketones is 1. The average molecular weight is 528 g/mol. The van der Waals surface area contributed by atoms with Crippen molar-refractivity contribution in [3.05, 3.63) is 35.4 Å². The third-order valence-corrected chi connectivity index (χ3v) is 7.49. The molecular weight excluding hydrogens is 494 g/mol. The molecule has 204 valence electrons. The number of nitrogens with two attached hydrogens (primary N) is 1. The van der Waals surface area contributed by atoms with Crippen molar-refractivity contribution < 1.29 is 33.9 Å². The Labute approximate surface area is 219 Å². The lowest BCUT2D eigenvalue weighted by Gasteiger charge is -2.32. The minimum absolute atomic E-state index is 0.242. The second-order valence-electron chi connectivity index (χ2n) is 10.3. The Morgan fingerprint density at radius 2 is 1.66 bits per heavy atom. The van der Waals surface area contributed by atoms with Crippen LogP contribution in [0.25, 0.3) is 0 Å². The van der Waals surface area contributed by atoms with Crippen LogP contribution in [0.5, 0.6) is 0 Å². The van der Waals surface area contributed by atoms with E-state index in [1.807, 2.05) is 24.3 Å². The van der Waals surface area contributed by atoms with Crippen molar-refractivity contribution in [2.24, 2.45) is 17.6 Å². The first-order valence-corrected chi connectivity index (χ1v) is 12.9. The van der Waals surface area contributed by atoms with E-state index in [9.17, 15) is 28.8 Å². The predicted molar refractivity (Wildman–Crippen MR) is 134 cm³/mol. The van der Waals surface area contributed by atoms with Crippen LogP contribution in [-0.2, 0) is 36.8 Å². The molecule has 0 radical (unpaired) electrons. The summed E-state index contributed by atoms with van der Waals surface area (Å²) in [5, 5.41) is 16.4. The zero-order valence-corrected chi connectivity index (χ0v) is 21.0. The summed E-state index contributed by atoms with van der Waals surface area (Å²) in [5.41, 5.74) is 7.31. The van der Waals surface area contributed by atoms with Gasteiger partial charge in [-0.1, -0.05) is 37.1 Å². The van der Waals surface area contributed by atoms with Gasteiger partial charge in [-0.3, -0.25) is 24.0 Å². The quantitative estimate of drug-likeness (QED) is 0.239. The fourth-order valence-electron chi connectivity index (χ4n) is 5.40. The van der Waals surface area contributed by atoms with E-state index in [0.717, 1.165) is 24.0 Å². The number of nitrogens with one attached hydrogen (secondary N) is 3. The Morgan fingerprint density at radius 1 is 1.00 bits per heavy atom. The standard InChI is InChI=1S/C26H33N5O7/c27-23(35)22(34)18(10-14-7-8-14)29-24(36)19-6-3-9-31(19)25(37)21(30-26(38)28-13-20(32)33)17-11-15-4-1-2-5-16(15)12-17/h1-2,4-5,14,17-19,21H,3,6-13H2,(H2,27,35)(H,29,36)(H,32,33)(H2,28,30,38). The maximum Gasteiger partial charge on any atom is 0.323 e. The van der Waals surface area contributed by atoms with Gasteiger partial charge in [0.1, 0.15) is 18.6 Å². The van der Waals surface area contributed by atoms with Crippen molar-refractivity contribution in [1.82, 2.24) is 20.9 Å². The highest BCUT2D eigenvalue weighted by Crippen LogP contribution is 2.34. The van der Waals surface area contributed by atoms with Crippen LogP contribution < -0.4 is 21.7 Å². The molecule has 38 heavy (non-hydrogen) atoms. The molecule has 4 rings (SSSR count). The molecule has 5 amide bonds. The van der Waals surface area contributed by atoms with Gasteiger partial charge in [0.2, 0.25) is 17.6 Å². The first-order chi connectivity index (χ1) is 18.1. The average Bonchev–Trinajstić information content (AvgIpc) is 3.38. The number of fused-ring (bicyclic) bond motifs is 1. The summed E-state index contributed by atoms with van der Waals surface area (Å²) < 4.78 is 0. The summed E-state index contributed by atoms with van der Waals surface area (Å²) in [5.74, 6) is -4.25. The molecule has 12 heteroatoms. The minimum atomic E-state index is -1.22. The minimum Gasteiger partial charge on any atom is -0.480 e. The third-order valence-electron chi connectivity index (χ3n) is 7.49. The summed E-state index contributed by atoms with van der Waals surface area (Å²) in [6.45, 7) is -0.328. The van der Waals surface area contributed by atoms with Crippen molar-refractivity contribution in [3.8, 4) is 0 Å².